The average Bonchev–Trinajstić information content (AvgIpc) is 3.02. The molecule has 0 atom stereocenters. The number of carbonyl (C=O) groups is 1. The van der Waals surface area contributed by atoms with E-state index in [9.17, 15) is 4.79 Å². The van der Waals surface area contributed by atoms with Crippen molar-refractivity contribution in [2.45, 2.75) is 18.9 Å². The molecule has 0 radical (unpaired) electrons. The molecule has 0 spiro atoms. The monoisotopic (exact) mass is 206 g/mol. The van der Waals surface area contributed by atoms with Crippen LogP contribution in [-0.4, -0.2) is 19.2 Å². The van der Waals surface area contributed by atoms with Crippen molar-refractivity contribution in [3.05, 3.63) is 24.3 Å². The summed E-state index contributed by atoms with van der Waals surface area (Å²) in [7, 11) is 1.35. The van der Waals surface area contributed by atoms with Gasteiger partial charge in [0.1, 0.15) is 0 Å². The van der Waals surface area contributed by atoms with E-state index in [0.29, 0.717) is 6.04 Å². The molecule has 1 aromatic rings. The van der Waals surface area contributed by atoms with E-state index in [1.165, 1.54) is 20.0 Å². The smallest absolute Gasteiger partial charge is 0.411 e. The van der Waals surface area contributed by atoms with Crippen molar-refractivity contribution < 1.29 is 9.53 Å². The Hall–Kier alpha value is -1.71. The Morgan fingerprint density at radius 1 is 1.40 bits per heavy atom. The molecule has 15 heavy (non-hydrogen) atoms. The van der Waals surface area contributed by atoms with Gasteiger partial charge in [-0.25, -0.2) is 4.79 Å². The van der Waals surface area contributed by atoms with Gasteiger partial charge in [0.15, 0.2) is 0 Å². The van der Waals surface area contributed by atoms with Crippen LogP contribution in [0.25, 0.3) is 0 Å². The zero-order valence-corrected chi connectivity index (χ0v) is 8.62. The highest BCUT2D eigenvalue weighted by atomic mass is 16.5. The number of anilines is 2. The Bertz CT molecular complexity index is 361. The van der Waals surface area contributed by atoms with Crippen molar-refractivity contribution in [1.82, 2.24) is 0 Å². The molecule has 4 nitrogen and oxygen atoms in total. The first-order valence-electron chi connectivity index (χ1n) is 4.99. The van der Waals surface area contributed by atoms with E-state index in [1.54, 1.807) is 0 Å². The highest BCUT2D eigenvalue weighted by molar-refractivity contribution is 5.85. The van der Waals surface area contributed by atoms with Gasteiger partial charge in [-0.1, -0.05) is 6.07 Å². The molecule has 1 fully saturated rings. The topological polar surface area (TPSA) is 50.4 Å². The minimum absolute atomic E-state index is 0.446. The van der Waals surface area contributed by atoms with Gasteiger partial charge in [0.05, 0.1) is 7.11 Å². The van der Waals surface area contributed by atoms with Crippen LogP contribution in [0.5, 0.6) is 0 Å². The summed E-state index contributed by atoms with van der Waals surface area (Å²) in [5, 5.41) is 5.98. The lowest BCUT2D eigenvalue weighted by Crippen LogP contribution is -2.11. The fourth-order valence-electron chi connectivity index (χ4n) is 1.32. The predicted molar refractivity (Wildman–Crippen MR) is 59.1 cm³/mol. The standard InChI is InChI=1S/C11H14N2O2/c1-15-11(14)13-10-4-2-3-9(7-10)12-8-5-6-8/h2-4,7-8,12H,5-6H2,1H3,(H,13,14). The van der Waals surface area contributed by atoms with Crippen LogP contribution < -0.4 is 10.6 Å². The maximum Gasteiger partial charge on any atom is 0.411 e. The number of hydrogen-bond acceptors (Lipinski definition) is 3. The van der Waals surface area contributed by atoms with Crippen molar-refractivity contribution in [3.8, 4) is 0 Å². The van der Waals surface area contributed by atoms with E-state index in [-0.39, 0.29) is 0 Å². The van der Waals surface area contributed by atoms with Crippen LogP contribution in [0.4, 0.5) is 16.2 Å². The summed E-state index contributed by atoms with van der Waals surface area (Å²) in [6.45, 7) is 0. The van der Waals surface area contributed by atoms with E-state index in [2.05, 4.69) is 15.4 Å². The summed E-state index contributed by atoms with van der Waals surface area (Å²) < 4.78 is 4.52. The molecular weight excluding hydrogens is 192 g/mol. The van der Waals surface area contributed by atoms with Crippen molar-refractivity contribution in [2.75, 3.05) is 17.7 Å². The molecule has 0 aliphatic heterocycles. The van der Waals surface area contributed by atoms with E-state index >= 15 is 0 Å². The number of amides is 1. The van der Waals surface area contributed by atoms with Gasteiger partial charge in [0.2, 0.25) is 0 Å². The predicted octanol–water partition coefficient (Wildman–Crippen LogP) is 2.44. The third-order valence-electron chi connectivity index (χ3n) is 2.24. The zero-order valence-electron chi connectivity index (χ0n) is 8.62. The van der Waals surface area contributed by atoms with E-state index < -0.39 is 6.09 Å². The lowest BCUT2D eigenvalue weighted by Gasteiger charge is -2.07. The van der Waals surface area contributed by atoms with E-state index in [4.69, 9.17) is 0 Å². The van der Waals surface area contributed by atoms with Crippen LogP contribution >= 0.6 is 0 Å². The molecule has 1 aliphatic carbocycles. The molecule has 0 heterocycles. The molecule has 0 bridgehead atoms. The van der Waals surface area contributed by atoms with Gasteiger partial charge in [0.25, 0.3) is 0 Å². The lowest BCUT2D eigenvalue weighted by atomic mass is 10.3. The number of nitrogens with one attached hydrogen (secondary N) is 2. The summed E-state index contributed by atoms with van der Waals surface area (Å²) in [4.78, 5) is 11.0. The van der Waals surface area contributed by atoms with Gasteiger partial charge < -0.3 is 10.1 Å². The fraction of sp³-hybridized carbons (Fsp3) is 0.364. The van der Waals surface area contributed by atoms with Crippen molar-refractivity contribution in [1.29, 1.82) is 0 Å². The molecule has 2 N–H and O–H groups in total. The second-order valence-corrected chi connectivity index (χ2v) is 3.62. The van der Waals surface area contributed by atoms with Crippen molar-refractivity contribution >= 4 is 17.5 Å². The largest absolute Gasteiger partial charge is 0.453 e. The maximum absolute atomic E-state index is 11.0. The number of ether oxygens (including phenoxy) is 1. The minimum atomic E-state index is -0.446. The third kappa shape index (κ3) is 2.87. The summed E-state index contributed by atoms with van der Waals surface area (Å²) in [6.07, 6.45) is 2.02. The molecule has 80 valence electrons. The quantitative estimate of drug-likeness (QED) is 0.798. The molecule has 1 aromatic carbocycles. The van der Waals surface area contributed by atoms with Crippen molar-refractivity contribution in [2.24, 2.45) is 0 Å². The molecular formula is C11H14N2O2. The number of benzene rings is 1. The van der Waals surface area contributed by atoms with E-state index in [1.807, 2.05) is 24.3 Å². The van der Waals surface area contributed by atoms with Crippen LogP contribution in [-0.2, 0) is 4.74 Å². The molecule has 0 aromatic heterocycles. The molecule has 4 heteroatoms. The molecule has 1 saturated carbocycles. The van der Waals surface area contributed by atoms with Crippen LogP contribution in [0, 0.1) is 0 Å². The number of hydrogen-bond donors (Lipinski definition) is 2. The first kappa shape index (κ1) is 9.83. The molecule has 0 saturated heterocycles. The fourth-order valence-corrected chi connectivity index (χ4v) is 1.32. The summed E-state index contributed by atoms with van der Waals surface area (Å²) in [5.41, 5.74) is 1.78. The lowest BCUT2D eigenvalue weighted by molar-refractivity contribution is 0.187. The third-order valence-corrected chi connectivity index (χ3v) is 2.24. The summed E-state index contributed by atoms with van der Waals surface area (Å²) >= 11 is 0. The van der Waals surface area contributed by atoms with Crippen molar-refractivity contribution in [3.63, 3.8) is 0 Å². The summed E-state index contributed by atoms with van der Waals surface area (Å²) in [5.74, 6) is 0. The zero-order chi connectivity index (χ0) is 10.7. The highest BCUT2D eigenvalue weighted by Crippen LogP contribution is 2.25. The normalized spacial score (nSPS) is 14.5. The van der Waals surface area contributed by atoms with Crippen LogP contribution in [0.15, 0.2) is 24.3 Å². The Balaban J connectivity index is 2.00. The Labute approximate surface area is 88.6 Å². The van der Waals surface area contributed by atoms with Gasteiger partial charge in [0, 0.05) is 17.4 Å². The van der Waals surface area contributed by atoms with Crippen LogP contribution in [0.1, 0.15) is 12.8 Å². The van der Waals surface area contributed by atoms with Gasteiger partial charge in [-0.3, -0.25) is 5.32 Å². The Kier molecular flexibility index (Phi) is 2.76. The second-order valence-electron chi connectivity index (χ2n) is 3.62. The maximum atomic E-state index is 11.0. The Morgan fingerprint density at radius 3 is 2.80 bits per heavy atom. The van der Waals surface area contributed by atoms with Gasteiger partial charge in [-0.05, 0) is 31.0 Å². The number of carbonyl (C=O) groups excluding carboxylic acids is 1. The minimum Gasteiger partial charge on any atom is -0.453 e. The van der Waals surface area contributed by atoms with Crippen LogP contribution in [0.2, 0.25) is 0 Å². The number of rotatable bonds is 3. The first-order chi connectivity index (χ1) is 7.28. The SMILES string of the molecule is COC(=O)Nc1cccc(NC2CC2)c1. The summed E-state index contributed by atoms with van der Waals surface area (Å²) in [6, 6.07) is 8.22. The second kappa shape index (κ2) is 4.21. The van der Waals surface area contributed by atoms with Gasteiger partial charge >= 0.3 is 6.09 Å². The molecule has 2 rings (SSSR count). The van der Waals surface area contributed by atoms with Crippen LogP contribution in [0.3, 0.4) is 0 Å². The Morgan fingerprint density at radius 2 is 2.13 bits per heavy atom. The van der Waals surface area contributed by atoms with Gasteiger partial charge in [-0.2, -0.15) is 0 Å². The molecule has 1 aliphatic rings. The molecule has 1 amide bonds. The van der Waals surface area contributed by atoms with Gasteiger partial charge in [-0.15, -0.1) is 0 Å². The first-order valence-corrected chi connectivity index (χ1v) is 4.99. The molecule has 0 unspecified atom stereocenters. The number of methoxy groups -OCH3 is 1. The highest BCUT2D eigenvalue weighted by Gasteiger charge is 2.20. The average molecular weight is 206 g/mol. The van der Waals surface area contributed by atoms with E-state index in [0.717, 1.165) is 11.4 Å².